The second-order valence-corrected chi connectivity index (χ2v) is 4.23. The largest absolute Gasteiger partial charge is 0.480 e. The van der Waals surface area contributed by atoms with Gasteiger partial charge in [0, 0.05) is 0 Å². The van der Waals surface area contributed by atoms with Gasteiger partial charge in [-0.25, -0.2) is 4.98 Å². The number of carbonyl (C=O) groups is 1. The van der Waals surface area contributed by atoms with Crippen LogP contribution in [0.25, 0.3) is 11.0 Å². The van der Waals surface area contributed by atoms with E-state index >= 15 is 0 Å². The second-order valence-electron chi connectivity index (χ2n) is 4.23. The molecule has 0 saturated heterocycles. The molecule has 1 aromatic heterocycles. The van der Waals surface area contributed by atoms with E-state index in [1.807, 2.05) is 35.8 Å². The molecule has 0 aliphatic heterocycles. The summed E-state index contributed by atoms with van der Waals surface area (Å²) in [4.78, 5) is 15.4. The van der Waals surface area contributed by atoms with Crippen molar-refractivity contribution in [1.82, 2.24) is 14.9 Å². The van der Waals surface area contributed by atoms with Gasteiger partial charge in [-0.2, -0.15) is 0 Å². The van der Waals surface area contributed by atoms with Crippen LogP contribution in [0.5, 0.6) is 0 Å². The predicted octanol–water partition coefficient (Wildman–Crippen LogP) is 1.49. The minimum atomic E-state index is -0.832. The predicted molar refractivity (Wildman–Crippen MR) is 69.5 cm³/mol. The van der Waals surface area contributed by atoms with E-state index in [1.165, 1.54) is 0 Å². The molecule has 96 valence electrons. The van der Waals surface area contributed by atoms with Gasteiger partial charge in [-0.3, -0.25) is 4.79 Å². The summed E-state index contributed by atoms with van der Waals surface area (Å²) in [5, 5.41) is 12.2. The van der Waals surface area contributed by atoms with Gasteiger partial charge in [0.15, 0.2) is 0 Å². The number of aromatic nitrogens is 2. The zero-order valence-corrected chi connectivity index (χ0v) is 10.3. The van der Waals surface area contributed by atoms with Crippen molar-refractivity contribution in [3.63, 3.8) is 0 Å². The van der Waals surface area contributed by atoms with Gasteiger partial charge in [0.25, 0.3) is 0 Å². The van der Waals surface area contributed by atoms with Crippen LogP contribution in [-0.4, -0.2) is 33.2 Å². The molecule has 0 fully saturated rings. The van der Waals surface area contributed by atoms with E-state index in [4.69, 9.17) is 0 Å². The lowest BCUT2D eigenvalue weighted by molar-refractivity contribution is -0.139. The molecule has 0 aliphatic carbocycles. The smallest absolute Gasteiger partial charge is 0.322 e. The average molecular weight is 247 g/mol. The van der Waals surface area contributed by atoms with Crippen molar-refractivity contribution in [3.8, 4) is 0 Å². The fourth-order valence-electron chi connectivity index (χ4n) is 1.90. The fourth-order valence-corrected chi connectivity index (χ4v) is 1.90. The van der Waals surface area contributed by atoms with Crippen molar-refractivity contribution in [2.45, 2.75) is 25.9 Å². The van der Waals surface area contributed by atoms with Gasteiger partial charge >= 0.3 is 5.97 Å². The summed E-state index contributed by atoms with van der Waals surface area (Å²) >= 11 is 0. The molecule has 0 radical (unpaired) electrons. The Morgan fingerprint density at radius 2 is 2.28 bits per heavy atom. The minimum absolute atomic E-state index is 0.385. The van der Waals surface area contributed by atoms with Crippen LogP contribution in [0.3, 0.4) is 0 Å². The van der Waals surface area contributed by atoms with Gasteiger partial charge in [0.1, 0.15) is 6.04 Å². The van der Waals surface area contributed by atoms with E-state index in [0.717, 1.165) is 17.5 Å². The minimum Gasteiger partial charge on any atom is -0.480 e. The number of para-hydroxylation sites is 2. The third kappa shape index (κ3) is 2.68. The van der Waals surface area contributed by atoms with E-state index in [0.29, 0.717) is 13.1 Å². The normalized spacial score (nSPS) is 12.7. The standard InChI is InChI=1S/C13H17N3O2/c1-2-7-14-11(13(17)18)8-16-9-15-10-5-3-4-6-12(10)16/h3-6,9,11,14H,2,7-8H2,1H3,(H,17,18). The maximum absolute atomic E-state index is 11.2. The Labute approximate surface area is 105 Å². The van der Waals surface area contributed by atoms with Gasteiger partial charge in [-0.15, -0.1) is 0 Å². The molecule has 0 amide bonds. The van der Waals surface area contributed by atoms with Gasteiger partial charge < -0.3 is 15.0 Å². The molecule has 1 atom stereocenters. The molecule has 0 aliphatic rings. The van der Waals surface area contributed by atoms with Crippen LogP contribution >= 0.6 is 0 Å². The van der Waals surface area contributed by atoms with Crippen LogP contribution < -0.4 is 5.32 Å². The molecule has 2 rings (SSSR count). The average Bonchev–Trinajstić information content (AvgIpc) is 2.77. The van der Waals surface area contributed by atoms with Crippen LogP contribution in [0.1, 0.15) is 13.3 Å². The number of rotatable bonds is 6. The van der Waals surface area contributed by atoms with Crippen LogP contribution in [0, 0.1) is 0 Å². The number of imidazole rings is 1. The number of carboxylic acids is 1. The molecule has 1 heterocycles. The molecular formula is C13H17N3O2. The first-order chi connectivity index (χ1) is 8.72. The van der Waals surface area contributed by atoms with Gasteiger partial charge in [-0.05, 0) is 25.1 Å². The Balaban J connectivity index is 2.18. The quantitative estimate of drug-likeness (QED) is 0.811. The third-order valence-electron chi connectivity index (χ3n) is 2.85. The SMILES string of the molecule is CCCNC(Cn1cnc2ccccc21)C(=O)O. The number of fused-ring (bicyclic) bond motifs is 1. The van der Waals surface area contributed by atoms with E-state index in [2.05, 4.69) is 10.3 Å². The lowest BCUT2D eigenvalue weighted by Crippen LogP contribution is -2.40. The Hall–Kier alpha value is -1.88. The zero-order valence-electron chi connectivity index (χ0n) is 10.3. The van der Waals surface area contributed by atoms with Gasteiger partial charge in [-0.1, -0.05) is 19.1 Å². The molecule has 1 unspecified atom stereocenters. The molecule has 2 aromatic rings. The van der Waals surface area contributed by atoms with Crippen molar-refractivity contribution < 1.29 is 9.90 Å². The Morgan fingerprint density at radius 3 is 3.00 bits per heavy atom. The Kier molecular flexibility index (Phi) is 3.94. The van der Waals surface area contributed by atoms with E-state index < -0.39 is 12.0 Å². The monoisotopic (exact) mass is 247 g/mol. The van der Waals surface area contributed by atoms with Crippen molar-refractivity contribution in [2.75, 3.05) is 6.54 Å². The number of hydrogen-bond donors (Lipinski definition) is 2. The van der Waals surface area contributed by atoms with Crippen molar-refractivity contribution in [1.29, 1.82) is 0 Å². The lowest BCUT2D eigenvalue weighted by atomic mass is 10.2. The van der Waals surface area contributed by atoms with Crippen LogP contribution in [0.4, 0.5) is 0 Å². The van der Waals surface area contributed by atoms with Crippen LogP contribution in [0.2, 0.25) is 0 Å². The fraction of sp³-hybridized carbons (Fsp3) is 0.385. The van der Waals surface area contributed by atoms with Crippen molar-refractivity contribution in [3.05, 3.63) is 30.6 Å². The first kappa shape index (κ1) is 12.6. The topological polar surface area (TPSA) is 67.2 Å². The molecule has 5 nitrogen and oxygen atoms in total. The summed E-state index contributed by atoms with van der Waals surface area (Å²) in [7, 11) is 0. The summed E-state index contributed by atoms with van der Waals surface area (Å²) in [6.45, 7) is 3.10. The van der Waals surface area contributed by atoms with E-state index in [1.54, 1.807) is 6.33 Å². The number of benzene rings is 1. The summed E-state index contributed by atoms with van der Waals surface area (Å²) in [6, 6.07) is 7.13. The van der Waals surface area contributed by atoms with Crippen LogP contribution in [0.15, 0.2) is 30.6 Å². The second kappa shape index (κ2) is 5.64. The number of carboxylic acid groups (broad SMARTS) is 1. The highest BCUT2D eigenvalue weighted by Gasteiger charge is 2.17. The summed E-state index contributed by atoms with van der Waals surface area (Å²) in [5.41, 5.74) is 1.85. The van der Waals surface area contributed by atoms with Crippen molar-refractivity contribution >= 4 is 17.0 Å². The van der Waals surface area contributed by atoms with Gasteiger partial charge in [0.05, 0.1) is 23.9 Å². The summed E-state index contributed by atoms with van der Waals surface area (Å²) < 4.78 is 1.87. The highest BCUT2D eigenvalue weighted by molar-refractivity contribution is 5.76. The van der Waals surface area contributed by atoms with Crippen molar-refractivity contribution in [2.24, 2.45) is 0 Å². The number of nitrogens with zero attached hydrogens (tertiary/aromatic N) is 2. The third-order valence-corrected chi connectivity index (χ3v) is 2.85. The maximum atomic E-state index is 11.2. The lowest BCUT2D eigenvalue weighted by Gasteiger charge is -2.14. The molecule has 0 bridgehead atoms. The maximum Gasteiger partial charge on any atom is 0.322 e. The first-order valence-electron chi connectivity index (χ1n) is 6.08. The summed E-state index contributed by atoms with van der Waals surface area (Å²) in [6.07, 6.45) is 2.60. The highest BCUT2D eigenvalue weighted by Crippen LogP contribution is 2.12. The van der Waals surface area contributed by atoms with Crippen LogP contribution in [-0.2, 0) is 11.3 Å². The number of hydrogen-bond acceptors (Lipinski definition) is 3. The van der Waals surface area contributed by atoms with E-state index in [9.17, 15) is 9.90 Å². The van der Waals surface area contributed by atoms with E-state index in [-0.39, 0.29) is 0 Å². The molecule has 2 N–H and O–H groups in total. The molecule has 5 heteroatoms. The Morgan fingerprint density at radius 1 is 1.50 bits per heavy atom. The molecule has 1 aromatic carbocycles. The molecule has 18 heavy (non-hydrogen) atoms. The zero-order chi connectivity index (χ0) is 13.0. The highest BCUT2D eigenvalue weighted by atomic mass is 16.4. The van der Waals surface area contributed by atoms with Gasteiger partial charge in [0.2, 0.25) is 0 Å². The summed E-state index contributed by atoms with van der Waals surface area (Å²) in [5.74, 6) is -0.832. The Bertz CT molecular complexity index is 536. The molecular weight excluding hydrogens is 230 g/mol. The molecule has 0 saturated carbocycles. The first-order valence-corrected chi connectivity index (χ1v) is 6.08. The molecule has 0 spiro atoms. The number of aliphatic carboxylic acids is 1. The number of nitrogens with one attached hydrogen (secondary N) is 1.